The van der Waals surface area contributed by atoms with Gasteiger partial charge in [-0.3, -0.25) is 4.79 Å². The van der Waals surface area contributed by atoms with E-state index >= 15 is 0 Å². The van der Waals surface area contributed by atoms with Gasteiger partial charge >= 0.3 is 0 Å². The maximum absolute atomic E-state index is 11.9. The minimum atomic E-state index is -0.677. The highest BCUT2D eigenvalue weighted by Crippen LogP contribution is 2.27. The predicted molar refractivity (Wildman–Crippen MR) is 75.8 cm³/mol. The molecule has 0 atom stereocenters. The third-order valence-corrected chi connectivity index (χ3v) is 4.41. The summed E-state index contributed by atoms with van der Waals surface area (Å²) in [6.45, 7) is 2.84. The van der Waals surface area contributed by atoms with E-state index in [1.807, 2.05) is 19.1 Å². The summed E-state index contributed by atoms with van der Waals surface area (Å²) in [5.41, 5.74) is 2.07. The molecule has 1 heterocycles. The number of β-amino-alcohol motifs (C(OH)–C–C–N with tert-alkyl or cyclic N) is 1. The number of aryl methyl sites for hydroxylation is 2. The number of amides is 1. The summed E-state index contributed by atoms with van der Waals surface area (Å²) >= 11 is 0. The lowest BCUT2D eigenvalue weighted by Gasteiger charge is -2.45. The molecule has 0 saturated carbocycles. The first-order chi connectivity index (χ1) is 9.59. The SMILES string of the molecule is CCC1(O)CN(C(=O)COc2ccc3c(c2)CCC3)C1. The molecule has 0 unspecified atom stereocenters. The minimum absolute atomic E-state index is 0.0522. The first-order valence-electron chi connectivity index (χ1n) is 7.34. The number of hydrogen-bond donors (Lipinski definition) is 1. The van der Waals surface area contributed by atoms with E-state index in [-0.39, 0.29) is 12.5 Å². The molecule has 3 rings (SSSR count). The Bertz CT molecular complexity index is 520. The number of rotatable bonds is 4. The van der Waals surface area contributed by atoms with Crippen LogP contribution in [0, 0.1) is 0 Å². The molecule has 0 aromatic heterocycles. The molecule has 1 aliphatic carbocycles. The highest BCUT2D eigenvalue weighted by molar-refractivity contribution is 5.79. The van der Waals surface area contributed by atoms with Crippen LogP contribution in [0.2, 0.25) is 0 Å². The third kappa shape index (κ3) is 2.52. The average molecular weight is 275 g/mol. The average Bonchev–Trinajstić information content (AvgIpc) is 2.88. The molecule has 1 fully saturated rings. The van der Waals surface area contributed by atoms with E-state index in [2.05, 4.69) is 6.07 Å². The summed E-state index contributed by atoms with van der Waals surface area (Å²) in [4.78, 5) is 13.6. The molecular formula is C16H21NO3. The Labute approximate surface area is 119 Å². The molecule has 1 N–H and O–H groups in total. The first kappa shape index (κ1) is 13.4. The van der Waals surface area contributed by atoms with Crippen LogP contribution in [0.1, 0.15) is 30.9 Å². The summed E-state index contributed by atoms with van der Waals surface area (Å²) in [6, 6.07) is 6.09. The Morgan fingerprint density at radius 2 is 2.10 bits per heavy atom. The number of likely N-dealkylation sites (tertiary alicyclic amines) is 1. The van der Waals surface area contributed by atoms with E-state index in [1.54, 1.807) is 4.90 Å². The Morgan fingerprint density at radius 3 is 2.85 bits per heavy atom. The summed E-state index contributed by atoms with van der Waals surface area (Å²) in [5.74, 6) is 0.717. The lowest BCUT2D eigenvalue weighted by molar-refractivity contribution is -0.157. The Hall–Kier alpha value is -1.55. The molecule has 1 aromatic rings. The van der Waals surface area contributed by atoms with Crippen molar-refractivity contribution in [1.29, 1.82) is 0 Å². The summed E-state index contributed by atoms with van der Waals surface area (Å²) in [5, 5.41) is 9.89. The van der Waals surface area contributed by atoms with E-state index in [9.17, 15) is 9.90 Å². The molecule has 20 heavy (non-hydrogen) atoms. The van der Waals surface area contributed by atoms with Gasteiger partial charge in [-0.25, -0.2) is 0 Å². The Kier molecular flexibility index (Phi) is 3.42. The first-order valence-corrected chi connectivity index (χ1v) is 7.34. The van der Waals surface area contributed by atoms with Gasteiger partial charge in [0.2, 0.25) is 0 Å². The number of aliphatic hydroxyl groups is 1. The maximum Gasteiger partial charge on any atom is 0.260 e. The Morgan fingerprint density at radius 1 is 1.35 bits per heavy atom. The van der Waals surface area contributed by atoms with Gasteiger partial charge in [-0.1, -0.05) is 13.0 Å². The van der Waals surface area contributed by atoms with Gasteiger partial charge in [0.25, 0.3) is 5.91 Å². The van der Waals surface area contributed by atoms with Crippen LogP contribution >= 0.6 is 0 Å². The fourth-order valence-electron chi connectivity index (χ4n) is 2.94. The van der Waals surface area contributed by atoms with Crippen molar-refractivity contribution in [3.8, 4) is 5.75 Å². The lowest BCUT2D eigenvalue weighted by Crippen LogP contribution is -2.63. The fraction of sp³-hybridized carbons (Fsp3) is 0.562. The maximum atomic E-state index is 11.9. The van der Waals surface area contributed by atoms with E-state index in [1.165, 1.54) is 17.5 Å². The highest BCUT2D eigenvalue weighted by Gasteiger charge is 2.41. The van der Waals surface area contributed by atoms with Crippen LogP contribution in [0.25, 0.3) is 0 Å². The van der Waals surface area contributed by atoms with E-state index < -0.39 is 5.60 Å². The van der Waals surface area contributed by atoms with Gasteiger partial charge in [-0.15, -0.1) is 0 Å². The zero-order valence-electron chi connectivity index (χ0n) is 11.9. The molecule has 108 valence electrons. The third-order valence-electron chi connectivity index (χ3n) is 4.41. The van der Waals surface area contributed by atoms with Gasteiger partial charge in [0.05, 0.1) is 18.7 Å². The minimum Gasteiger partial charge on any atom is -0.484 e. The van der Waals surface area contributed by atoms with Crippen molar-refractivity contribution in [2.75, 3.05) is 19.7 Å². The van der Waals surface area contributed by atoms with E-state index in [4.69, 9.17) is 4.74 Å². The van der Waals surface area contributed by atoms with Crippen LogP contribution in [0.4, 0.5) is 0 Å². The predicted octanol–water partition coefficient (Wildman–Crippen LogP) is 1.54. The standard InChI is InChI=1S/C16H21NO3/c1-2-16(19)10-17(11-16)15(18)9-20-14-7-6-12-4-3-5-13(12)8-14/h6-8,19H,2-5,9-11H2,1H3. The van der Waals surface area contributed by atoms with Gasteiger partial charge in [0, 0.05) is 0 Å². The number of ether oxygens (including phenoxy) is 1. The summed E-state index contributed by atoms with van der Waals surface area (Å²) < 4.78 is 5.58. The smallest absolute Gasteiger partial charge is 0.260 e. The summed E-state index contributed by atoms with van der Waals surface area (Å²) in [7, 11) is 0. The molecular weight excluding hydrogens is 254 g/mol. The van der Waals surface area contributed by atoms with Gasteiger partial charge in [-0.2, -0.15) is 0 Å². The molecule has 1 aromatic carbocycles. The number of fused-ring (bicyclic) bond motifs is 1. The van der Waals surface area contributed by atoms with Crippen molar-refractivity contribution in [3.05, 3.63) is 29.3 Å². The highest BCUT2D eigenvalue weighted by atomic mass is 16.5. The number of nitrogens with zero attached hydrogens (tertiary/aromatic N) is 1. The van der Waals surface area contributed by atoms with Crippen LogP contribution in [-0.4, -0.2) is 41.2 Å². The molecule has 2 aliphatic rings. The van der Waals surface area contributed by atoms with E-state index in [0.29, 0.717) is 19.5 Å². The molecule has 0 radical (unpaired) electrons. The molecule has 4 nitrogen and oxygen atoms in total. The topological polar surface area (TPSA) is 49.8 Å². The van der Waals surface area contributed by atoms with Gasteiger partial charge < -0.3 is 14.7 Å². The van der Waals surface area contributed by atoms with Crippen molar-refractivity contribution in [2.45, 2.75) is 38.2 Å². The van der Waals surface area contributed by atoms with Crippen LogP contribution in [0.15, 0.2) is 18.2 Å². The zero-order chi connectivity index (χ0) is 14.2. The lowest BCUT2D eigenvalue weighted by atomic mass is 9.91. The van der Waals surface area contributed by atoms with Crippen LogP contribution in [-0.2, 0) is 17.6 Å². The molecule has 4 heteroatoms. The quantitative estimate of drug-likeness (QED) is 0.906. The fourth-order valence-corrected chi connectivity index (χ4v) is 2.94. The van der Waals surface area contributed by atoms with Crippen molar-refractivity contribution in [3.63, 3.8) is 0 Å². The number of benzene rings is 1. The second-order valence-corrected chi connectivity index (χ2v) is 5.90. The van der Waals surface area contributed by atoms with Crippen LogP contribution in [0.3, 0.4) is 0 Å². The molecule has 1 aliphatic heterocycles. The number of carbonyl (C=O) groups is 1. The molecule has 0 spiro atoms. The normalized spacial score (nSPS) is 19.4. The molecule has 0 bridgehead atoms. The zero-order valence-corrected chi connectivity index (χ0v) is 11.9. The number of hydrogen-bond acceptors (Lipinski definition) is 3. The largest absolute Gasteiger partial charge is 0.484 e. The van der Waals surface area contributed by atoms with Crippen molar-refractivity contribution in [1.82, 2.24) is 4.90 Å². The monoisotopic (exact) mass is 275 g/mol. The Balaban J connectivity index is 1.51. The molecule has 1 amide bonds. The second kappa shape index (κ2) is 5.09. The van der Waals surface area contributed by atoms with Crippen LogP contribution in [0.5, 0.6) is 5.75 Å². The van der Waals surface area contributed by atoms with Gasteiger partial charge in [0.15, 0.2) is 6.61 Å². The second-order valence-electron chi connectivity index (χ2n) is 5.90. The van der Waals surface area contributed by atoms with Gasteiger partial charge in [-0.05, 0) is 48.9 Å². The van der Waals surface area contributed by atoms with E-state index in [0.717, 1.165) is 18.6 Å². The van der Waals surface area contributed by atoms with Gasteiger partial charge in [0.1, 0.15) is 5.75 Å². The summed E-state index contributed by atoms with van der Waals surface area (Å²) in [6.07, 6.45) is 4.15. The van der Waals surface area contributed by atoms with Crippen molar-refractivity contribution in [2.24, 2.45) is 0 Å². The van der Waals surface area contributed by atoms with Crippen LogP contribution < -0.4 is 4.74 Å². The van der Waals surface area contributed by atoms with Crippen molar-refractivity contribution < 1.29 is 14.6 Å². The molecule has 1 saturated heterocycles. The number of carbonyl (C=O) groups excluding carboxylic acids is 1. The van der Waals surface area contributed by atoms with Crippen molar-refractivity contribution >= 4 is 5.91 Å².